The first kappa shape index (κ1) is 23.3. The highest BCUT2D eigenvalue weighted by molar-refractivity contribution is 6.17. The second kappa shape index (κ2) is 7.97. The van der Waals surface area contributed by atoms with Crippen LogP contribution in [0, 0.1) is 17.2 Å². The van der Waals surface area contributed by atoms with Crippen LogP contribution >= 0.6 is 0 Å². The number of nitrogens with one attached hydrogen (secondary N) is 1. The molecule has 3 aliphatic rings. The summed E-state index contributed by atoms with van der Waals surface area (Å²) in [4.78, 5) is 44.8. The fraction of sp³-hybridized carbons (Fsp3) is 0.258. The van der Waals surface area contributed by atoms with Crippen molar-refractivity contribution in [2.45, 2.75) is 38.3 Å². The van der Waals surface area contributed by atoms with Crippen LogP contribution in [0.15, 0.2) is 78.9 Å². The number of hydrogen-bond donors (Lipinski definition) is 1. The third-order valence-corrected chi connectivity index (χ3v) is 7.97. The van der Waals surface area contributed by atoms with Gasteiger partial charge in [0.2, 0.25) is 5.91 Å². The summed E-state index contributed by atoms with van der Waals surface area (Å²) in [7, 11) is 0. The Hall–Kier alpha value is -4.06. The molecule has 37 heavy (non-hydrogen) atoms. The molecule has 0 aliphatic carbocycles. The molecule has 186 valence electrons. The van der Waals surface area contributed by atoms with Crippen LogP contribution in [0.1, 0.15) is 42.3 Å². The molecule has 5 nitrogen and oxygen atoms in total. The lowest BCUT2D eigenvalue weighted by atomic mass is 9.63. The minimum absolute atomic E-state index is 0.118. The Kier molecular flexibility index (Phi) is 5.03. The van der Waals surface area contributed by atoms with E-state index >= 15 is 4.39 Å². The van der Waals surface area contributed by atoms with Gasteiger partial charge in [-0.25, -0.2) is 4.39 Å². The van der Waals surface area contributed by atoms with Crippen LogP contribution < -0.4 is 10.2 Å². The average Bonchev–Trinajstić information content (AvgIpc) is 3.35. The van der Waals surface area contributed by atoms with Gasteiger partial charge in [0.05, 0.1) is 17.5 Å². The van der Waals surface area contributed by atoms with Gasteiger partial charge in [-0.3, -0.25) is 14.4 Å². The van der Waals surface area contributed by atoms with Crippen molar-refractivity contribution in [3.05, 3.63) is 101 Å². The summed E-state index contributed by atoms with van der Waals surface area (Å²) < 4.78 is 15.1. The summed E-state index contributed by atoms with van der Waals surface area (Å²) in [6.07, 6.45) is 3.86. The van der Waals surface area contributed by atoms with Gasteiger partial charge in [0.1, 0.15) is 17.3 Å². The average molecular weight is 495 g/mol. The lowest BCUT2D eigenvalue weighted by Gasteiger charge is -2.38. The van der Waals surface area contributed by atoms with E-state index in [1.807, 2.05) is 80.3 Å². The van der Waals surface area contributed by atoms with Crippen molar-refractivity contribution >= 4 is 34.9 Å². The van der Waals surface area contributed by atoms with Crippen molar-refractivity contribution < 1.29 is 18.8 Å². The summed E-state index contributed by atoms with van der Waals surface area (Å²) in [5, 5.41) is 2.98. The monoisotopic (exact) mass is 494 g/mol. The molecule has 1 amide bonds. The first-order valence-corrected chi connectivity index (χ1v) is 12.5. The number of para-hydroxylation sites is 2. The molecule has 3 aromatic rings. The van der Waals surface area contributed by atoms with Gasteiger partial charge in [-0.1, -0.05) is 81.5 Å². The number of nitrogens with zero attached hydrogens (tertiary/aromatic N) is 1. The standard InChI is InChI=1S/C31H27FN2O3/c1-30(2,3)28(36)26-25(27(35)19-11-5-7-13-21(19)32)31(20-12-6-8-14-22(20)33-29(31)37)24-17-16-18-10-4-9-15-23(18)34(24)26/h4-17,24-26H,1-3H3,(H,33,37). The van der Waals surface area contributed by atoms with Gasteiger partial charge in [-0.2, -0.15) is 0 Å². The Balaban J connectivity index is 1.70. The number of carbonyl (C=O) groups excluding carboxylic acids is 3. The van der Waals surface area contributed by atoms with E-state index in [1.54, 1.807) is 12.1 Å². The molecular formula is C31H27FN2O3. The Morgan fingerprint density at radius 2 is 1.62 bits per heavy atom. The molecule has 1 fully saturated rings. The minimum Gasteiger partial charge on any atom is -0.352 e. The third kappa shape index (κ3) is 3.11. The highest BCUT2D eigenvalue weighted by Crippen LogP contribution is 2.58. The van der Waals surface area contributed by atoms with E-state index in [0.29, 0.717) is 11.3 Å². The predicted octanol–water partition coefficient (Wildman–Crippen LogP) is 5.41. The molecule has 3 aliphatic heterocycles. The molecule has 0 saturated carbocycles. The molecule has 0 bridgehead atoms. The zero-order chi connectivity index (χ0) is 26.1. The molecule has 3 aromatic carbocycles. The topological polar surface area (TPSA) is 66.5 Å². The second-order valence-electron chi connectivity index (χ2n) is 11.0. The number of benzene rings is 3. The molecule has 3 heterocycles. The molecule has 6 rings (SSSR count). The predicted molar refractivity (Wildman–Crippen MR) is 141 cm³/mol. The van der Waals surface area contributed by atoms with Crippen molar-refractivity contribution in [3.8, 4) is 0 Å². The highest BCUT2D eigenvalue weighted by atomic mass is 19.1. The maximum atomic E-state index is 15.1. The van der Waals surface area contributed by atoms with Gasteiger partial charge in [-0.15, -0.1) is 0 Å². The summed E-state index contributed by atoms with van der Waals surface area (Å²) in [5.74, 6) is -2.90. The summed E-state index contributed by atoms with van der Waals surface area (Å²) in [6, 6.07) is 19.1. The molecule has 6 heteroatoms. The van der Waals surface area contributed by atoms with Crippen LogP contribution in [0.25, 0.3) is 6.08 Å². The number of Topliss-reactive ketones (excluding diaryl/α,β-unsaturated/α-hetero) is 2. The van der Waals surface area contributed by atoms with Gasteiger partial charge in [0.15, 0.2) is 11.6 Å². The van der Waals surface area contributed by atoms with Gasteiger partial charge in [-0.05, 0) is 35.4 Å². The zero-order valence-electron chi connectivity index (χ0n) is 20.9. The van der Waals surface area contributed by atoms with Crippen LogP contribution in [0.2, 0.25) is 0 Å². The van der Waals surface area contributed by atoms with Gasteiger partial charge in [0, 0.05) is 16.8 Å². The molecule has 4 atom stereocenters. The lowest BCUT2D eigenvalue weighted by molar-refractivity contribution is -0.128. The minimum atomic E-state index is -1.43. The molecular weight excluding hydrogens is 467 g/mol. The summed E-state index contributed by atoms with van der Waals surface area (Å²) >= 11 is 0. The molecule has 0 radical (unpaired) electrons. The van der Waals surface area contributed by atoms with Crippen LogP contribution in [0.5, 0.6) is 0 Å². The second-order valence-corrected chi connectivity index (χ2v) is 11.0. The van der Waals surface area contributed by atoms with E-state index in [2.05, 4.69) is 5.32 Å². The highest BCUT2D eigenvalue weighted by Gasteiger charge is 2.70. The Bertz CT molecular complexity index is 1500. The Morgan fingerprint density at radius 3 is 2.38 bits per heavy atom. The van der Waals surface area contributed by atoms with Crippen molar-refractivity contribution in [2.75, 3.05) is 10.2 Å². The summed E-state index contributed by atoms with van der Waals surface area (Å²) in [6.45, 7) is 5.44. The summed E-state index contributed by atoms with van der Waals surface area (Å²) in [5.41, 5.74) is 0.565. The first-order valence-electron chi connectivity index (χ1n) is 12.5. The largest absolute Gasteiger partial charge is 0.352 e. The van der Waals surface area contributed by atoms with Crippen LogP contribution in [-0.4, -0.2) is 29.6 Å². The number of rotatable bonds is 3. The van der Waals surface area contributed by atoms with Gasteiger partial charge in [0.25, 0.3) is 0 Å². The van der Waals surface area contributed by atoms with E-state index in [9.17, 15) is 14.4 Å². The van der Waals surface area contributed by atoms with Crippen LogP contribution in [0.3, 0.4) is 0 Å². The number of hydrogen-bond acceptors (Lipinski definition) is 4. The maximum absolute atomic E-state index is 15.1. The number of ketones is 2. The van der Waals surface area contributed by atoms with E-state index < -0.39 is 40.4 Å². The van der Waals surface area contributed by atoms with E-state index in [0.717, 1.165) is 11.3 Å². The maximum Gasteiger partial charge on any atom is 0.238 e. The number of anilines is 2. The van der Waals surface area contributed by atoms with E-state index in [4.69, 9.17) is 0 Å². The van der Waals surface area contributed by atoms with Gasteiger partial charge >= 0.3 is 0 Å². The fourth-order valence-electron chi connectivity index (χ4n) is 6.39. The quantitative estimate of drug-likeness (QED) is 0.494. The number of amides is 1. The smallest absolute Gasteiger partial charge is 0.238 e. The van der Waals surface area contributed by atoms with E-state index in [1.165, 1.54) is 18.2 Å². The van der Waals surface area contributed by atoms with Crippen molar-refractivity contribution in [2.24, 2.45) is 11.3 Å². The zero-order valence-corrected chi connectivity index (χ0v) is 20.9. The molecule has 1 saturated heterocycles. The first-order chi connectivity index (χ1) is 17.7. The van der Waals surface area contributed by atoms with Crippen molar-refractivity contribution in [3.63, 3.8) is 0 Å². The third-order valence-electron chi connectivity index (χ3n) is 7.97. The van der Waals surface area contributed by atoms with Gasteiger partial charge < -0.3 is 10.2 Å². The van der Waals surface area contributed by atoms with Crippen molar-refractivity contribution in [1.29, 1.82) is 0 Å². The molecule has 4 unspecified atom stereocenters. The normalized spacial score (nSPS) is 25.5. The Labute approximate surface area is 215 Å². The van der Waals surface area contributed by atoms with Crippen molar-refractivity contribution in [1.82, 2.24) is 0 Å². The fourth-order valence-corrected chi connectivity index (χ4v) is 6.39. The number of carbonyl (C=O) groups is 3. The van der Waals surface area contributed by atoms with Crippen LogP contribution in [-0.2, 0) is 15.0 Å². The number of halogens is 1. The number of fused-ring (bicyclic) bond motifs is 6. The Morgan fingerprint density at radius 1 is 0.946 bits per heavy atom. The lowest BCUT2D eigenvalue weighted by Crippen LogP contribution is -2.51. The molecule has 0 aromatic heterocycles. The molecule has 1 spiro atoms. The molecule has 1 N–H and O–H groups in total. The van der Waals surface area contributed by atoms with E-state index in [-0.39, 0.29) is 17.3 Å². The SMILES string of the molecule is CC(C)(C)C(=O)C1C(C(=O)c2ccccc2F)C2(C(=O)Nc3ccccc32)C2C=Cc3ccccc3N12. The van der Waals surface area contributed by atoms with Crippen LogP contribution in [0.4, 0.5) is 15.8 Å².